The predicted octanol–water partition coefficient (Wildman–Crippen LogP) is 3.75. The van der Waals surface area contributed by atoms with Gasteiger partial charge in [-0.1, -0.05) is 33.6 Å². The molecule has 100 valence electrons. The van der Waals surface area contributed by atoms with E-state index in [9.17, 15) is 0 Å². The zero-order chi connectivity index (χ0) is 13.0. The van der Waals surface area contributed by atoms with Gasteiger partial charge in [-0.15, -0.1) is 0 Å². The number of hydrogen-bond acceptors (Lipinski definition) is 2. The maximum atomic E-state index is 5.69. The van der Waals surface area contributed by atoms with Gasteiger partial charge in [0.1, 0.15) is 0 Å². The Labute approximate surface area is 118 Å². The Balaban J connectivity index is 1.84. The van der Waals surface area contributed by atoms with Gasteiger partial charge in [0.2, 0.25) is 0 Å². The number of anilines is 1. The van der Waals surface area contributed by atoms with Crippen molar-refractivity contribution in [3.8, 4) is 0 Å². The van der Waals surface area contributed by atoms with Crippen molar-refractivity contribution >= 4 is 21.6 Å². The Hall–Kier alpha value is -0.540. The Bertz CT molecular complexity index is 390. The van der Waals surface area contributed by atoms with Gasteiger partial charge in [0.05, 0.1) is 6.61 Å². The van der Waals surface area contributed by atoms with Crippen molar-refractivity contribution in [2.45, 2.75) is 25.1 Å². The van der Waals surface area contributed by atoms with Crippen LogP contribution in [-0.4, -0.2) is 26.8 Å². The second kappa shape index (κ2) is 6.58. The zero-order valence-corrected chi connectivity index (χ0v) is 12.9. The summed E-state index contributed by atoms with van der Waals surface area (Å²) in [6.45, 7) is 4.86. The number of ether oxygens (including phenoxy) is 1. The molecule has 1 aliphatic carbocycles. The molecule has 0 bridgehead atoms. The Kier molecular flexibility index (Phi) is 5.07. The highest BCUT2D eigenvalue weighted by Gasteiger charge is 2.21. The second-order valence-electron chi connectivity index (χ2n) is 5.21. The van der Waals surface area contributed by atoms with Gasteiger partial charge in [-0.3, -0.25) is 0 Å². The van der Waals surface area contributed by atoms with Crippen LogP contribution in [0.3, 0.4) is 0 Å². The number of halogens is 1. The van der Waals surface area contributed by atoms with Gasteiger partial charge in [-0.05, 0) is 37.3 Å². The highest BCUT2D eigenvalue weighted by molar-refractivity contribution is 9.08. The van der Waals surface area contributed by atoms with Crippen LogP contribution in [0.1, 0.15) is 24.0 Å². The maximum absolute atomic E-state index is 5.69. The smallest absolute Gasteiger partial charge is 0.0641 e. The summed E-state index contributed by atoms with van der Waals surface area (Å²) in [5.74, 6) is 0.854. The van der Waals surface area contributed by atoms with E-state index in [1.165, 1.54) is 29.7 Å². The second-order valence-corrected chi connectivity index (χ2v) is 5.77. The topological polar surface area (TPSA) is 12.5 Å². The SMILES string of the molecule is Cc1ccc(N(C)CCOCC2CC2)c(CBr)c1. The Morgan fingerprint density at radius 3 is 2.83 bits per heavy atom. The molecule has 1 fully saturated rings. The number of alkyl halides is 1. The average Bonchev–Trinajstić information content (AvgIpc) is 3.18. The molecule has 2 nitrogen and oxygen atoms in total. The molecular weight excluding hydrogens is 290 g/mol. The van der Waals surface area contributed by atoms with Crippen LogP contribution in [-0.2, 0) is 10.1 Å². The first-order valence-corrected chi connectivity index (χ1v) is 7.77. The lowest BCUT2D eigenvalue weighted by Gasteiger charge is -2.22. The molecule has 0 amide bonds. The third kappa shape index (κ3) is 3.99. The van der Waals surface area contributed by atoms with Gasteiger partial charge < -0.3 is 9.64 Å². The highest BCUT2D eigenvalue weighted by atomic mass is 79.9. The summed E-state index contributed by atoms with van der Waals surface area (Å²) in [4.78, 5) is 2.28. The molecule has 1 aromatic carbocycles. The average molecular weight is 312 g/mol. The molecular formula is C15H22BrNO. The monoisotopic (exact) mass is 311 g/mol. The first-order chi connectivity index (χ1) is 8.70. The molecule has 1 aliphatic rings. The lowest BCUT2D eigenvalue weighted by Crippen LogP contribution is -2.24. The fraction of sp³-hybridized carbons (Fsp3) is 0.600. The van der Waals surface area contributed by atoms with E-state index in [0.717, 1.165) is 31.0 Å². The predicted molar refractivity (Wildman–Crippen MR) is 80.6 cm³/mol. The first kappa shape index (κ1) is 13.9. The first-order valence-electron chi connectivity index (χ1n) is 6.65. The summed E-state index contributed by atoms with van der Waals surface area (Å²) >= 11 is 3.56. The molecule has 3 heteroatoms. The molecule has 0 aliphatic heterocycles. The Morgan fingerprint density at radius 1 is 1.39 bits per heavy atom. The fourth-order valence-electron chi connectivity index (χ4n) is 2.05. The van der Waals surface area contributed by atoms with Crippen LogP contribution in [0.2, 0.25) is 0 Å². The zero-order valence-electron chi connectivity index (χ0n) is 11.3. The largest absolute Gasteiger partial charge is 0.379 e. The van der Waals surface area contributed by atoms with Gasteiger partial charge in [-0.25, -0.2) is 0 Å². The number of aryl methyl sites for hydroxylation is 1. The van der Waals surface area contributed by atoms with E-state index in [4.69, 9.17) is 4.74 Å². The molecule has 0 radical (unpaired) electrons. The number of likely N-dealkylation sites (N-methyl/N-ethyl adjacent to an activating group) is 1. The van der Waals surface area contributed by atoms with Crippen molar-refractivity contribution in [2.24, 2.45) is 5.92 Å². The van der Waals surface area contributed by atoms with E-state index >= 15 is 0 Å². The summed E-state index contributed by atoms with van der Waals surface area (Å²) in [6.07, 6.45) is 2.73. The van der Waals surface area contributed by atoms with Crippen molar-refractivity contribution < 1.29 is 4.74 Å². The molecule has 2 rings (SSSR count). The lowest BCUT2D eigenvalue weighted by atomic mass is 10.1. The van der Waals surface area contributed by atoms with Gasteiger partial charge in [0, 0.05) is 31.2 Å². The normalized spacial score (nSPS) is 14.8. The number of benzene rings is 1. The molecule has 0 heterocycles. The van der Waals surface area contributed by atoms with Gasteiger partial charge >= 0.3 is 0 Å². The molecule has 0 atom stereocenters. The van der Waals surface area contributed by atoms with E-state index in [1.54, 1.807) is 0 Å². The summed E-state index contributed by atoms with van der Waals surface area (Å²) in [5, 5.41) is 0.900. The summed E-state index contributed by atoms with van der Waals surface area (Å²) < 4.78 is 5.69. The summed E-state index contributed by atoms with van der Waals surface area (Å²) in [6, 6.07) is 6.61. The minimum Gasteiger partial charge on any atom is -0.379 e. The molecule has 0 saturated heterocycles. The molecule has 1 aromatic rings. The van der Waals surface area contributed by atoms with Crippen molar-refractivity contribution in [3.63, 3.8) is 0 Å². The Morgan fingerprint density at radius 2 is 2.17 bits per heavy atom. The highest BCUT2D eigenvalue weighted by Crippen LogP contribution is 2.28. The number of rotatable bonds is 7. The van der Waals surface area contributed by atoms with Gasteiger partial charge in [0.25, 0.3) is 0 Å². The van der Waals surface area contributed by atoms with E-state index in [2.05, 4.69) is 53.0 Å². The minimum atomic E-state index is 0.822. The van der Waals surface area contributed by atoms with Crippen molar-refractivity contribution in [2.75, 3.05) is 31.7 Å². The van der Waals surface area contributed by atoms with Crippen LogP contribution in [0, 0.1) is 12.8 Å². The maximum Gasteiger partial charge on any atom is 0.0641 e. The molecule has 1 saturated carbocycles. The van der Waals surface area contributed by atoms with Crippen LogP contribution >= 0.6 is 15.9 Å². The van der Waals surface area contributed by atoms with E-state index in [0.29, 0.717) is 0 Å². The standard InChI is InChI=1S/C15H22BrNO/c1-12-3-6-15(14(9-12)10-16)17(2)7-8-18-11-13-4-5-13/h3,6,9,13H,4-5,7-8,10-11H2,1-2H3. The summed E-state index contributed by atoms with van der Waals surface area (Å²) in [7, 11) is 2.14. The van der Waals surface area contributed by atoms with Crippen molar-refractivity contribution in [1.82, 2.24) is 0 Å². The molecule has 0 unspecified atom stereocenters. The minimum absolute atomic E-state index is 0.822. The number of nitrogens with zero attached hydrogens (tertiary/aromatic N) is 1. The van der Waals surface area contributed by atoms with Gasteiger partial charge in [-0.2, -0.15) is 0 Å². The van der Waals surface area contributed by atoms with Crippen molar-refractivity contribution in [3.05, 3.63) is 29.3 Å². The van der Waals surface area contributed by atoms with Crippen LogP contribution in [0.25, 0.3) is 0 Å². The van der Waals surface area contributed by atoms with E-state index < -0.39 is 0 Å². The molecule has 0 spiro atoms. The third-order valence-electron chi connectivity index (χ3n) is 3.41. The molecule has 0 N–H and O–H groups in total. The van der Waals surface area contributed by atoms with Gasteiger partial charge in [0.15, 0.2) is 0 Å². The summed E-state index contributed by atoms with van der Waals surface area (Å²) in [5.41, 5.74) is 3.96. The van der Waals surface area contributed by atoms with Crippen LogP contribution < -0.4 is 4.90 Å². The fourth-order valence-corrected chi connectivity index (χ4v) is 2.50. The quantitative estimate of drug-likeness (QED) is 0.561. The van der Waals surface area contributed by atoms with Crippen molar-refractivity contribution in [1.29, 1.82) is 0 Å². The van der Waals surface area contributed by atoms with Crippen LogP contribution in [0.15, 0.2) is 18.2 Å². The van der Waals surface area contributed by atoms with Crippen LogP contribution in [0.5, 0.6) is 0 Å². The van der Waals surface area contributed by atoms with E-state index in [-0.39, 0.29) is 0 Å². The number of hydrogen-bond donors (Lipinski definition) is 0. The lowest BCUT2D eigenvalue weighted by molar-refractivity contribution is 0.131. The third-order valence-corrected chi connectivity index (χ3v) is 4.02. The molecule has 0 aromatic heterocycles. The van der Waals surface area contributed by atoms with E-state index in [1.807, 2.05) is 0 Å². The van der Waals surface area contributed by atoms with Crippen LogP contribution in [0.4, 0.5) is 5.69 Å². The molecule has 18 heavy (non-hydrogen) atoms.